The highest BCUT2D eigenvalue weighted by molar-refractivity contribution is 5.85. The molecular weight excluding hydrogens is 404 g/mol. The summed E-state index contributed by atoms with van der Waals surface area (Å²) in [4.78, 5) is 14.8. The van der Waals surface area contributed by atoms with Gasteiger partial charge in [-0.3, -0.25) is 4.79 Å². The number of hydrogen-bond acceptors (Lipinski definition) is 5. The number of ether oxygens (including phenoxy) is 3. The zero-order valence-electron chi connectivity index (χ0n) is 17.8. The highest BCUT2D eigenvalue weighted by Gasteiger charge is 2.34. The van der Waals surface area contributed by atoms with Gasteiger partial charge in [0.05, 0.1) is 21.3 Å². The van der Waals surface area contributed by atoms with E-state index < -0.39 is 0 Å². The maximum Gasteiger partial charge on any atom is 0.222 e. The molecule has 0 aromatic heterocycles. The highest BCUT2D eigenvalue weighted by atomic mass is 35.5. The Balaban J connectivity index is 0.00000320. The van der Waals surface area contributed by atoms with E-state index in [0.717, 1.165) is 12.1 Å². The van der Waals surface area contributed by atoms with Crippen LogP contribution in [-0.2, 0) is 11.2 Å². The SMILES string of the molecule is COc1cc(CCC(=O)N2C[C@@H](CN)[C@H](c3ccccc3)C2)cc(OC)c1OC.Cl. The topological polar surface area (TPSA) is 74.0 Å². The minimum Gasteiger partial charge on any atom is -0.493 e. The Bertz CT molecular complexity index is 806. The summed E-state index contributed by atoms with van der Waals surface area (Å²) in [5.41, 5.74) is 8.23. The standard InChI is InChI=1S/C23H30N2O4.ClH/c1-27-20-11-16(12-21(28-2)23(20)29-3)9-10-22(26)25-14-18(13-24)19(15-25)17-7-5-4-6-8-17;/h4-8,11-12,18-19H,9-10,13-15,24H2,1-3H3;1H/t18-,19+;/m1./s1. The Kier molecular flexibility index (Phi) is 8.81. The van der Waals surface area contributed by atoms with Gasteiger partial charge in [-0.15, -0.1) is 12.4 Å². The minimum absolute atomic E-state index is 0. The molecule has 30 heavy (non-hydrogen) atoms. The van der Waals surface area contributed by atoms with E-state index in [4.69, 9.17) is 19.9 Å². The van der Waals surface area contributed by atoms with Crippen molar-refractivity contribution in [2.24, 2.45) is 11.7 Å². The monoisotopic (exact) mass is 434 g/mol. The lowest BCUT2D eigenvalue weighted by Crippen LogP contribution is -2.30. The molecule has 0 unspecified atom stereocenters. The van der Waals surface area contributed by atoms with Crippen LogP contribution in [0.5, 0.6) is 17.2 Å². The van der Waals surface area contributed by atoms with Crippen molar-refractivity contribution in [3.63, 3.8) is 0 Å². The number of carbonyl (C=O) groups excluding carboxylic acids is 1. The summed E-state index contributed by atoms with van der Waals surface area (Å²) in [6.45, 7) is 2.01. The minimum atomic E-state index is 0. The van der Waals surface area contributed by atoms with Crippen molar-refractivity contribution in [1.29, 1.82) is 0 Å². The highest BCUT2D eigenvalue weighted by Crippen LogP contribution is 2.38. The number of nitrogens with zero attached hydrogens (tertiary/aromatic N) is 1. The van der Waals surface area contributed by atoms with Gasteiger partial charge in [-0.25, -0.2) is 0 Å². The number of methoxy groups -OCH3 is 3. The van der Waals surface area contributed by atoms with Gasteiger partial charge in [0.25, 0.3) is 0 Å². The van der Waals surface area contributed by atoms with Gasteiger partial charge in [-0.05, 0) is 42.1 Å². The molecule has 0 spiro atoms. The second kappa shape index (κ2) is 11.1. The fourth-order valence-corrected chi connectivity index (χ4v) is 4.08. The number of nitrogens with two attached hydrogens (primary N) is 1. The molecule has 6 nitrogen and oxygen atoms in total. The maximum atomic E-state index is 12.9. The number of carbonyl (C=O) groups is 1. The average Bonchev–Trinajstić information content (AvgIpc) is 3.21. The Morgan fingerprint density at radius 1 is 1.03 bits per heavy atom. The summed E-state index contributed by atoms with van der Waals surface area (Å²) in [6.07, 6.45) is 1.03. The molecule has 164 valence electrons. The van der Waals surface area contributed by atoms with Gasteiger partial charge in [0.15, 0.2) is 11.5 Å². The first-order valence-corrected chi connectivity index (χ1v) is 9.92. The molecule has 0 saturated carbocycles. The quantitative estimate of drug-likeness (QED) is 0.690. The van der Waals surface area contributed by atoms with Gasteiger partial charge < -0.3 is 24.8 Å². The lowest BCUT2D eigenvalue weighted by Gasteiger charge is -2.17. The molecule has 1 aliphatic rings. The molecule has 2 aromatic rings. The van der Waals surface area contributed by atoms with Crippen LogP contribution in [0.4, 0.5) is 0 Å². The van der Waals surface area contributed by atoms with E-state index in [1.807, 2.05) is 35.2 Å². The van der Waals surface area contributed by atoms with E-state index in [1.165, 1.54) is 5.56 Å². The first-order valence-electron chi connectivity index (χ1n) is 9.92. The van der Waals surface area contributed by atoms with Crippen LogP contribution in [-0.4, -0.2) is 51.8 Å². The van der Waals surface area contributed by atoms with Gasteiger partial charge in [-0.2, -0.15) is 0 Å². The molecule has 7 heteroatoms. The van der Waals surface area contributed by atoms with Crippen molar-refractivity contribution in [3.8, 4) is 17.2 Å². The van der Waals surface area contributed by atoms with Crippen LogP contribution in [0.25, 0.3) is 0 Å². The van der Waals surface area contributed by atoms with Crippen molar-refractivity contribution in [3.05, 3.63) is 53.6 Å². The van der Waals surface area contributed by atoms with Crippen molar-refractivity contribution < 1.29 is 19.0 Å². The van der Waals surface area contributed by atoms with E-state index in [2.05, 4.69) is 12.1 Å². The molecule has 3 rings (SSSR count). The van der Waals surface area contributed by atoms with Gasteiger partial charge in [-0.1, -0.05) is 30.3 Å². The van der Waals surface area contributed by atoms with Crippen molar-refractivity contribution in [2.75, 3.05) is 41.0 Å². The Morgan fingerprint density at radius 3 is 2.20 bits per heavy atom. The summed E-state index contributed by atoms with van der Waals surface area (Å²) >= 11 is 0. The number of amides is 1. The second-order valence-corrected chi connectivity index (χ2v) is 7.35. The third-order valence-corrected chi connectivity index (χ3v) is 5.68. The number of hydrogen-bond donors (Lipinski definition) is 1. The molecule has 0 radical (unpaired) electrons. The number of likely N-dealkylation sites (tertiary alicyclic amines) is 1. The number of rotatable bonds is 8. The number of benzene rings is 2. The molecule has 2 aromatic carbocycles. The third-order valence-electron chi connectivity index (χ3n) is 5.68. The Labute approximate surface area is 184 Å². The van der Waals surface area contributed by atoms with Crippen LogP contribution >= 0.6 is 12.4 Å². The lowest BCUT2D eigenvalue weighted by molar-refractivity contribution is -0.130. The molecular formula is C23H31ClN2O4. The smallest absolute Gasteiger partial charge is 0.222 e. The first-order chi connectivity index (χ1) is 14.1. The van der Waals surface area contributed by atoms with E-state index >= 15 is 0 Å². The van der Waals surface area contributed by atoms with E-state index in [-0.39, 0.29) is 18.3 Å². The largest absolute Gasteiger partial charge is 0.493 e. The molecule has 1 fully saturated rings. The summed E-state index contributed by atoms with van der Waals surface area (Å²) < 4.78 is 16.2. The fourth-order valence-electron chi connectivity index (χ4n) is 4.08. The van der Waals surface area contributed by atoms with E-state index in [9.17, 15) is 4.79 Å². The zero-order valence-corrected chi connectivity index (χ0v) is 18.6. The molecule has 2 N–H and O–H groups in total. The van der Waals surface area contributed by atoms with Gasteiger partial charge >= 0.3 is 0 Å². The third kappa shape index (κ3) is 5.18. The number of aryl methyl sites for hydroxylation is 1. The molecule has 1 saturated heterocycles. The lowest BCUT2D eigenvalue weighted by atomic mass is 9.89. The van der Waals surface area contributed by atoms with Crippen LogP contribution in [0.2, 0.25) is 0 Å². The summed E-state index contributed by atoms with van der Waals surface area (Å²) in [7, 11) is 4.76. The van der Waals surface area contributed by atoms with Crippen LogP contribution in [0, 0.1) is 5.92 Å². The van der Waals surface area contributed by atoms with Gasteiger partial charge in [0, 0.05) is 25.4 Å². The first kappa shape index (κ1) is 23.8. The Hall–Kier alpha value is -2.44. The molecule has 0 bridgehead atoms. The molecule has 0 aliphatic carbocycles. The molecule has 1 heterocycles. The van der Waals surface area contributed by atoms with Crippen molar-refractivity contribution in [1.82, 2.24) is 4.90 Å². The molecule has 2 atom stereocenters. The fraction of sp³-hybridized carbons (Fsp3) is 0.435. The second-order valence-electron chi connectivity index (χ2n) is 7.35. The van der Waals surface area contributed by atoms with Gasteiger partial charge in [0.2, 0.25) is 11.7 Å². The number of halogens is 1. The van der Waals surface area contributed by atoms with E-state index in [0.29, 0.717) is 55.0 Å². The average molecular weight is 435 g/mol. The molecule has 1 amide bonds. The Morgan fingerprint density at radius 2 is 1.67 bits per heavy atom. The van der Waals surface area contributed by atoms with Crippen LogP contribution in [0.15, 0.2) is 42.5 Å². The van der Waals surface area contributed by atoms with Crippen molar-refractivity contribution in [2.45, 2.75) is 18.8 Å². The van der Waals surface area contributed by atoms with Crippen LogP contribution in [0.3, 0.4) is 0 Å². The predicted molar refractivity (Wildman–Crippen MR) is 120 cm³/mol. The zero-order chi connectivity index (χ0) is 20.8. The van der Waals surface area contributed by atoms with Crippen LogP contribution in [0.1, 0.15) is 23.5 Å². The normalized spacial score (nSPS) is 17.9. The summed E-state index contributed by atoms with van der Waals surface area (Å²) in [5.74, 6) is 2.50. The van der Waals surface area contributed by atoms with Gasteiger partial charge in [0.1, 0.15) is 0 Å². The molecule has 1 aliphatic heterocycles. The predicted octanol–water partition coefficient (Wildman–Crippen LogP) is 3.27. The van der Waals surface area contributed by atoms with Crippen LogP contribution < -0.4 is 19.9 Å². The summed E-state index contributed by atoms with van der Waals surface area (Å²) in [5, 5.41) is 0. The van der Waals surface area contributed by atoms with E-state index in [1.54, 1.807) is 21.3 Å². The maximum absolute atomic E-state index is 12.9. The van der Waals surface area contributed by atoms with Crippen molar-refractivity contribution >= 4 is 18.3 Å². The summed E-state index contributed by atoms with van der Waals surface area (Å²) in [6, 6.07) is 14.1.